The summed E-state index contributed by atoms with van der Waals surface area (Å²) < 4.78 is 57.0. The van der Waals surface area contributed by atoms with Crippen LogP contribution >= 0.6 is 0 Å². The lowest BCUT2D eigenvalue weighted by Gasteiger charge is -2.22. The lowest BCUT2D eigenvalue weighted by Crippen LogP contribution is -2.38. The number of benzene rings is 2. The number of ether oxygens (including phenoxy) is 1. The van der Waals surface area contributed by atoms with E-state index in [2.05, 4.69) is 5.32 Å². The van der Waals surface area contributed by atoms with Gasteiger partial charge in [0.05, 0.1) is 24.2 Å². The molecule has 0 bridgehead atoms. The Hall–Kier alpha value is -2.68. The zero-order valence-corrected chi connectivity index (χ0v) is 15.0. The lowest BCUT2D eigenvalue weighted by atomic mass is 10.2. The van der Waals surface area contributed by atoms with Gasteiger partial charge in [-0.2, -0.15) is 0 Å². The second kappa shape index (κ2) is 8.13. The van der Waals surface area contributed by atoms with Crippen molar-refractivity contribution in [2.24, 2.45) is 0 Å². The number of para-hydroxylation sites is 2. The van der Waals surface area contributed by atoms with Crippen LogP contribution in [0, 0.1) is 11.6 Å². The van der Waals surface area contributed by atoms with Crippen LogP contribution < -0.4 is 14.4 Å². The third-order valence-corrected chi connectivity index (χ3v) is 4.45. The van der Waals surface area contributed by atoms with Crippen LogP contribution in [0.2, 0.25) is 0 Å². The quantitative estimate of drug-likeness (QED) is 0.797. The maximum absolute atomic E-state index is 14.0. The average molecular weight is 384 g/mol. The molecule has 0 unspecified atom stereocenters. The molecule has 0 aliphatic carbocycles. The number of carbonyl (C=O) groups excluding carboxylic acids is 1. The Bertz CT molecular complexity index is 903. The molecular formula is C17H18F2N2O4S. The molecule has 6 nitrogen and oxygen atoms in total. The number of amides is 1. The minimum absolute atomic E-state index is 0.354. The van der Waals surface area contributed by atoms with Crippen LogP contribution in [0.4, 0.5) is 20.2 Å². The first kappa shape index (κ1) is 19.6. The average Bonchev–Trinajstić information content (AvgIpc) is 2.54. The van der Waals surface area contributed by atoms with Crippen LogP contribution in [0.1, 0.15) is 6.92 Å². The molecule has 2 aromatic rings. The zero-order valence-electron chi connectivity index (χ0n) is 14.2. The largest absolute Gasteiger partial charge is 0.492 e. The molecule has 0 saturated carbocycles. The van der Waals surface area contributed by atoms with E-state index in [1.807, 2.05) is 0 Å². The second-order valence-electron chi connectivity index (χ2n) is 5.34. The second-order valence-corrected chi connectivity index (χ2v) is 7.25. The lowest BCUT2D eigenvalue weighted by molar-refractivity contribution is -0.114. The highest BCUT2D eigenvalue weighted by Crippen LogP contribution is 2.25. The summed E-state index contributed by atoms with van der Waals surface area (Å²) in [6.07, 6.45) is 0.831. The summed E-state index contributed by atoms with van der Waals surface area (Å²) in [7, 11) is -3.98. The minimum Gasteiger partial charge on any atom is -0.492 e. The molecule has 2 aromatic carbocycles. The number of nitrogens with zero attached hydrogens (tertiary/aromatic N) is 1. The summed E-state index contributed by atoms with van der Waals surface area (Å²) in [5, 5.41) is 2.53. The molecule has 0 spiro atoms. The van der Waals surface area contributed by atoms with Gasteiger partial charge in [0.15, 0.2) is 0 Å². The van der Waals surface area contributed by atoms with Crippen molar-refractivity contribution in [2.75, 3.05) is 29.0 Å². The predicted octanol–water partition coefficient (Wildman–Crippen LogP) is 2.77. The first-order valence-corrected chi connectivity index (χ1v) is 9.51. The van der Waals surface area contributed by atoms with Gasteiger partial charge >= 0.3 is 0 Å². The Balaban J connectivity index is 2.26. The molecule has 2 rings (SSSR count). The topological polar surface area (TPSA) is 75.7 Å². The first-order valence-electron chi connectivity index (χ1n) is 7.66. The summed E-state index contributed by atoms with van der Waals surface area (Å²) in [4.78, 5) is 12.3. The molecule has 0 aliphatic heterocycles. The van der Waals surface area contributed by atoms with Crippen molar-refractivity contribution < 1.29 is 26.7 Å². The van der Waals surface area contributed by atoms with Crippen molar-refractivity contribution in [2.45, 2.75) is 6.92 Å². The molecule has 0 saturated heterocycles. The maximum atomic E-state index is 14.0. The first-order chi connectivity index (χ1) is 12.2. The Kier molecular flexibility index (Phi) is 6.14. The number of nitrogens with one attached hydrogen (secondary N) is 1. The molecule has 0 radical (unpaired) electrons. The van der Waals surface area contributed by atoms with Gasteiger partial charge in [-0.05, 0) is 31.2 Å². The molecule has 26 heavy (non-hydrogen) atoms. The predicted molar refractivity (Wildman–Crippen MR) is 94.8 cm³/mol. The fraction of sp³-hybridized carbons (Fsp3) is 0.235. The van der Waals surface area contributed by atoms with Gasteiger partial charge in [0, 0.05) is 6.07 Å². The van der Waals surface area contributed by atoms with Crippen LogP contribution in [0.3, 0.4) is 0 Å². The van der Waals surface area contributed by atoms with E-state index in [1.54, 1.807) is 31.2 Å². The van der Waals surface area contributed by atoms with Crippen molar-refractivity contribution in [1.29, 1.82) is 0 Å². The SMILES string of the molecule is CCOc1ccccc1NC(=O)CN(c1ccc(F)cc1F)S(C)(=O)=O. The van der Waals surface area contributed by atoms with Gasteiger partial charge in [-0.3, -0.25) is 9.10 Å². The van der Waals surface area contributed by atoms with Gasteiger partial charge in [-0.25, -0.2) is 17.2 Å². The fourth-order valence-corrected chi connectivity index (χ4v) is 3.09. The van der Waals surface area contributed by atoms with E-state index in [-0.39, 0.29) is 0 Å². The molecule has 140 valence electrons. The van der Waals surface area contributed by atoms with E-state index in [9.17, 15) is 22.0 Å². The number of anilines is 2. The molecule has 0 aromatic heterocycles. The van der Waals surface area contributed by atoms with Crippen molar-refractivity contribution >= 4 is 27.3 Å². The molecule has 1 amide bonds. The smallest absolute Gasteiger partial charge is 0.245 e. The highest BCUT2D eigenvalue weighted by Gasteiger charge is 2.24. The van der Waals surface area contributed by atoms with Gasteiger partial charge in [0.2, 0.25) is 15.9 Å². The summed E-state index contributed by atoms with van der Waals surface area (Å²) in [5.41, 5.74) is -0.0606. The Morgan fingerprint density at radius 2 is 1.88 bits per heavy atom. The number of rotatable bonds is 7. The van der Waals surface area contributed by atoms with Crippen LogP contribution in [0.5, 0.6) is 5.75 Å². The Morgan fingerprint density at radius 3 is 2.50 bits per heavy atom. The molecular weight excluding hydrogens is 366 g/mol. The van der Waals surface area contributed by atoms with Gasteiger partial charge in [-0.15, -0.1) is 0 Å². The minimum atomic E-state index is -3.98. The maximum Gasteiger partial charge on any atom is 0.245 e. The fourth-order valence-electron chi connectivity index (χ4n) is 2.24. The summed E-state index contributed by atoms with van der Waals surface area (Å²) >= 11 is 0. The molecule has 0 atom stereocenters. The molecule has 1 N–H and O–H groups in total. The van der Waals surface area contributed by atoms with Gasteiger partial charge in [0.25, 0.3) is 0 Å². The van der Waals surface area contributed by atoms with Crippen LogP contribution in [0.25, 0.3) is 0 Å². The van der Waals surface area contributed by atoms with E-state index in [1.165, 1.54) is 0 Å². The van der Waals surface area contributed by atoms with Crippen LogP contribution in [-0.4, -0.2) is 33.7 Å². The monoisotopic (exact) mass is 384 g/mol. The van der Waals surface area contributed by atoms with Gasteiger partial charge in [-0.1, -0.05) is 12.1 Å². The number of hydrogen-bond donors (Lipinski definition) is 1. The number of carbonyl (C=O) groups is 1. The number of halogens is 2. The van der Waals surface area contributed by atoms with Crippen molar-refractivity contribution in [3.63, 3.8) is 0 Å². The summed E-state index contributed by atoms with van der Waals surface area (Å²) in [6.45, 7) is 1.48. The summed E-state index contributed by atoms with van der Waals surface area (Å²) in [6, 6.07) is 9.06. The highest BCUT2D eigenvalue weighted by molar-refractivity contribution is 7.92. The van der Waals surface area contributed by atoms with Gasteiger partial charge in [0.1, 0.15) is 23.9 Å². The van der Waals surface area contributed by atoms with Gasteiger partial charge < -0.3 is 10.1 Å². The normalized spacial score (nSPS) is 11.1. The Morgan fingerprint density at radius 1 is 1.19 bits per heavy atom. The van der Waals surface area contributed by atoms with E-state index >= 15 is 0 Å². The number of hydrogen-bond acceptors (Lipinski definition) is 4. The van der Waals surface area contributed by atoms with Crippen LogP contribution in [0.15, 0.2) is 42.5 Å². The van der Waals surface area contributed by atoms with Crippen molar-refractivity contribution in [3.05, 3.63) is 54.1 Å². The molecule has 0 aliphatic rings. The van der Waals surface area contributed by atoms with E-state index < -0.39 is 39.8 Å². The standard InChI is InChI=1S/C17H18F2N2O4S/c1-3-25-16-7-5-4-6-14(16)20-17(22)11-21(26(2,23)24)15-9-8-12(18)10-13(15)19/h4-10H,3,11H2,1-2H3,(H,20,22). The van der Waals surface area contributed by atoms with E-state index in [4.69, 9.17) is 4.74 Å². The third-order valence-electron chi connectivity index (χ3n) is 3.33. The number of sulfonamides is 1. The molecule has 0 fully saturated rings. The molecule has 9 heteroatoms. The zero-order chi connectivity index (χ0) is 19.3. The van der Waals surface area contributed by atoms with E-state index in [0.29, 0.717) is 28.4 Å². The molecule has 0 heterocycles. The van der Waals surface area contributed by atoms with Crippen molar-refractivity contribution in [1.82, 2.24) is 0 Å². The van der Waals surface area contributed by atoms with E-state index in [0.717, 1.165) is 18.4 Å². The highest BCUT2D eigenvalue weighted by atomic mass is 32.2. The van der Waals surface area contributed by atoms with Crippen molar-refractivity contribution in [3.8, 4) is 5.75 Å². The Labute approximate surface area is 150 Å². The summed E-state index contributed by atoms with van der Waals surface area (Å²) in [5.74, 6) is -2.22. The van der Waals surface area contributed by atoms with Crippen LogP contribution in [-0.2, 0) is 14.8 Å². The third kappa shape index (κ3) is 4.92.